The van der Waals surface area contributed by atoms with Crippen molar-refractivity contribution in [3.8, 4) is 5.75 Å². The lowest BCUT2D eigenvalue weighted by Gasteiger charge is -2.38. The van der Waals surface area contributed by atoms with Crippen LogP contribution in [0.3, 0.4) is 0 Å². The van der Waals surface area contributed by atoms with Crippen molar-refractivity contribution >= 4 is 11.6 Å². The number of ether oxygens (including phenoxy) is 1. The summed E-state index contributed by atoms with van der Waals surface area (Å²) in [5, 5.41) is 9.00. The number of β-amino-alcohol motifs (C(OH)–C–C–N with tert-alkyl or cyclic N) is 1. The molecule has 7 nitrogen and oxygen atoms in total. The van der Waals surface area contributed by atoms with Crippen LogP contribution in [-0.4, -0.2) is 105 Å². The highest BCUT2D eigenvalue weighted by molar-refractivity contribution is 5.78. The molecule has 2 fully saturated rings. The molecule has 2 saturated heterocycles. The number of carbonyl (C=O) groups excluding carboxylic acids is 1. The lowest BCUT2D eigenvalue weighted by atomic mass is 10.2. The largest absolute Gasteiger partial charge is 0.497 e. The van der Waals surface area contributed by atoms with E-state index in [1.807, 2.05) is 17.0 Å². The summed E-state index contributed by atoms with van der Waals surface area (Å²) in [4.78, 5) is 21.4. The first-order valence-electron chi connectivity index (χ1n) is 9.42. The summed E-state index contributed by atoms with van der Waals surface area (Å²) >= 11 is 0. The first-order chi connectivity index (χ1) is 12.7. The second-order valence-corrected chi connectivity index (χ2v) is 6.91. The molecule has 2 aliphatic rings. The van der Waals surface area contributed by atoms with Gasteiger partial charge in [-0.2, -0.15) is 0 Å². The summed E-state index contributed by atoms with van der Waals surface area (Å²) in [5.41, 5.74) is 1.18. The smallest absolute Gasteiger partial charge is 0.236 e. The number of piperazine rings is 2. The molecule has 0 aromatic heterocycles. The molecule has 1 amide bonds. The molecule has 1 N–H and O–H groups in total. The van der Waals surface area contributed by atoms with Crippen molar-refractivity contribution in [3.63, 3.8) is 0 Å². The summed E-state index contributed by atoms with van der Waals surface area (Å²) < 4.78 is 5.21. The van der Waals surface area contributed by atoms with Crippen molar-refractivity contribution in [2.45, 2.75) is 0 Å². The molecule has 7 heteroatoms. The highest BCUT2D eigenvalue weighted by atomic mass is 16.5. The average molecular weight is 362 g/mol. The van der Waals surface area contributed by atoms with Gasteiger partial charge in [0.2, 0.25) is 5.91 Å². The first kappa shape index (κ1) is 18.9. The van der Waals surface area contributed by atoms with E-state index < -0.39 is 0 Å². The van der Waals surface area contributed by atoms with Gasteiger partial charge in [0.1, 0.15) is 5.75 Å². The maximum absolute atomic E-state index is 12.6. The van der Waals surface area contributed by atoms with Crippen LogP contribution in [0.25, 0.3) is 0 Å². The second kappa shape index (κ2) is 9.21. The third kappa shape index (κ3) is 4.87. The van der Waals surface area contributed by atoms with Crippen LogP contribution in [0.15, 0.2) is 24.3 Å². The Balaban J connectivity index is 1.42. The summed E-state index contributed by atoms with van der Waals surface area (Å²) in [6.45, 7) is 8.38. The molecule has 1 aromatic carbocycles. The van der Waals surface area contributed by atoms with E-state index in [-0.39, 0.29) is 12.5 Å². The van der Waals surface area contributed by atoms with Crippen molar-refractivity contribution < 1.29 is 14.6 Å². The summed E-state index contributed by atoms with van der Waals surface area (Å²) in [5.74, 6) is 1.09. The minimum absolute atomic E-state index is 0.206. The molecule has 0 radical (unpaired) electrons. The number of carbonyl (C=O) groups is 1. The number of benzene rings is 1. The second-order valence-electron chi connectivity index (χ2n) is 6.91. The van der Waals surface area contributed by atoms with Gasteiger partial charge in [0.15, 0.2) is 0 Å². The van der Waals surface area contributed by atoms with Crippen LogP contribution in [0.2, 0.25) is 0 Å². The van der Waals surface area contributed by atoms with Gasteiger partial charge >= 0.3 is 0 Å². The summed E-state index contributed by atoms with van der Waals surface area (Å²) in [7, 11) is 1.67. The zero-order valence-electron chi connectivity index (χ0n) is 15.6. The number of methoxy groups -OCH3 is 1. The monoisotopic (exact) mass is 362 g/mol. The number of amides is 1. The number of hydrogen-bond donors (Lipinski definition) is 1. The average Bonchev–Trinajstić information content (AvgIpc) is 2.70. The van der Waals surface area contributed by atoms with Crippen LogP contribution >= 0.6 is 0 Å². The van der Waals surface area contributed by atoms with E-state index >= 15 is 0 Å². The van der Waals surface area contributed by atoms with Gasteiger partial charge in [-0.05, 0) is 24.3 Å². The highest BCUT2D eigenvalue weighted by Crippen LogP contribution is 2.20. The molecule has 1 aromatic rings. The van der Waals surface area contributed by atoms with Crippen LogP contribution < -0.4 is 9.64 Å². The van der Waals surface area contributed by atoms with E-state index in [9.17, 15) is 4.79 Å². The molecule has 26 heavy (non-hydrogen) atoms. The molecule has 0 atom stereocenters. The Morgan fingerprint density at radius 1 is 0.962 bits per heavy atom. The predicted octanol–water partition coefficient (Wildman–Crippen LogP) is -0.0463. The number of nitrogens with zero attached hydrogens (tertiary/aromatic N) is 4. The normalized spacial score (nSPS) is 19.6. The van der Waals surface area contributed by atoms with Gasteiger partial charge < -0.3 is 19.6 Å². The fraction of sp³-hybridized carbons (Fsp3) is 0.632. The van der Waals surface area contributed by atoms with Gasteiger partial charge in [-0.15, -0.1) is 0 Å². The molecule has 144 valence electrons. The fourth-order valence-electron chi connectivity index (χ4n) is 3.61. The molecule has 0 unspecified atom stereocenters. The zero-order valence-corrected chi connectivity index (χ0v) is 15.6. The van der Waals surface area contributed by atoms with Crippen molar-refractivity contribution in [2.24, 2.45) is 0 Å². The van der Waals surface area contributed by atoms with Crippen LogP contribution in [0, 0.1) is 0 Å². The van der Waals surface area contributed by atoms with Crippen molar-refractivity contribution in [1.82, 2.24) is 14.7 Å². The Morgan fingerprint density at radius 3 is 2.15 bits per heavy atom. The Kier molecular flexibility index (Phi) is 6.71. The van der Waals surface area contributed by atoms with E-state index in [2.05, 4.69) is 26.8 Å². The van der Waals surface area contributed by atoms with Crippen LogP contribution in [-0.2, 0) is 4.79 Å². The highest BCUT2D eigenvalue weighted by Gasteiger charge is 2.24. The fourth-order valence-corrected chi connectivity index (χ4v) is 3.61. The van der Waals surface area contributed by atoms with E-state index in [1.165, 1.54) is 5.69 Å². The minimum Gasteiger partial charge on any atom is -0.497 e. The Morgan fingerprint density at radius 2 is 1.58 bits per heavy atom. The maximum atomic E-state index is 12.6. The van der Waals surface area contributed by atoms with Crippen LogP contribution in [0.4, 0.5) is 5.69 Å². The third-order valence-electron chi connectivity index (χ3n) is 5.31. The molecule has 0 bridgehead atoms. The molecule has 0 aliphatic carbocycles. The van der Waals surface area contributed by atoms with Crippen molar-refractivity contribution in [3.05, 3.63) is 24.3 Å². The SMILES string of the molecule is COc1ccc(N2CCN(C(=O)CN3CCN(CCO)CC3)CC2)cc1. The molecular formula is C19H30N4O3. The van der Waals surface area contributed by atoms with Gasteiger partial charge in [-0.3, -0.25) is 14.6 Å². The Hall–Kier alpha value is -1.83. The van der Waals surface area contributed by atoms with Crippen LogP contribution in [0.1, 0.15) is 0 Å². The van der Waals surface area contributed by atoms with E-state index in [0.717, 1.165) is 64.7 Å². The third-order valence-corrected chi connectivity index (χ3v) is 5.31. The molecule has 0 saturated carbocycles. The molecular weight excluding hydrogens is 332 g/mol. The molecule has 3 rings (SSSR count). The zero-order chi connectivity index (χ0) is 18.4. The van der Waals surface area contributed by atoms with Crippen molar-refractivity contribution in [1.29, 1.82) is 0 Å². The van der Waals surface area contributed by atoms with Gasteiger partial charge in [0, 0.05) is 64.6 Å². The van der Waals surface area contributed by atoms with E-state index in [0.29, 0.717) is 6.54 Å². The standard InChI is InChI=1S/C19H30N4O3/c1-26-18-4-2-17(3-5-18)22-10-12-23(13-11-22)19(25)16-21-8-6-20(7-9-21)14-15-24/h2-5,24H,6-16H2,1H3. The minimum atomic E-state index is 0.206. The Labute approximate surface area is 155 Å². The first-order valence-corrected chi connectivity index (χ1v) is 9.42. The summed E-state index contributed by atoms with van der Waals surface area (Å²) in [6, 6.07) is 8.09. The quantitative estimate of drug-likeness (QED) is 0.766. The maximum Gasteiger partial charge on any atom is 0.236 e. The molecule has 2 heterocycles. The topological polar surface area (TPSA) is 59.5 Å². The number of hydrogen-bond acceptors (Lipinski definition) is 6. The number of aliphatic hydroxyl groups excluding tert-OH is 1. The van der Waals surface area contributed by atoms with E-state index in [4.69, 9.17) is 9.84 Å². The van der Waals surface area contributed by atoms with Gasteiger partial charge in [-0.1, -0.05) is 0 Å². The van der Waals surface area contributed by atoms with E-state index in [1.54, 1.807) is 7.11 Å². The number of rotatable bonds is 6. The molecule has 2 aliphatic heterocycles. The summed E-state index contributed by atoms with van der Waals surface area (Å²) in [6.07, 6.45) is 0. The van der Waals surface area contributed by atoms with Crippen LogP contribution in [0.5, 0.6) is 5.75 Å². The van der Waals surface area contributed by atoms with Gasteiger partial charge in [0.25, 0.3) is 0 Å². The molecule has 0 spiro atoms. The van der Waals surface area contributed by atoms with Crippen molar-refractivity contribution in [2.75, 3.05) is 84.1 Å². The van der Waals surface area contributed by atoms with Gasteiger partial charge in [-0.25, -0.2) is 0 Å². The lowest BCUT2D eigenvalue weighted by Crippen LogP contribution is -2.54. The number of anilines is 1. The Bertz CT molecular complexity index is 565. The lowest BCUT2D eigenvalue weighted by molar-refractivity contribution is -0.133. The van der Waals surface area contributed by atoms with Gasteiger partial charge in [0.05, 0.1) is 20.3 Å². The predicted molar refractivity (Wildman–Crippen MR) is 102 cm³/mol. The number of aliphatic hydroxyl groups is 1.